The SMILES string of the molecule is CC(CN(C)C(=O)c1ccc2c(c1)NC(=O)CCS2)C(=O)O. The zero-order chi connectivity index (χ0) is 16.3. The summed E-state index contributed by atoms with van der Waals surface area (Å²) >= 11 is 1.57. The molecule has 1 aromatic rings. The average Bonchev–Trinajstić information content (AvgIpc) is 2.65. The van der Waals surface area contributed by atoms with Gasteiger partial charge in [-0.05, 0) is 18.2 Å². The van der Waals surface area contributed by atoms with Crippen molar-refractivity contribution >= 4 is 35.2 Å². The molecule has 2 amide bonds. The summed E-state index contributed by atoms with van der Waals surface area (Å²) in [4.78, 5) is 37.2. The summed E-state index contributed by atoms with van der Waals surface area (Å²) in [5.74, 6) is -1.19. The van der Waals surface area contributed by atoms with Gasteiger partial charge < -0.3 is 15.3 Å². The van der Waals surface area contributed by atoms with Crippen molar-refractivity contribution in [2.75, 3.05) is 24.7 Å². The first-order valence-corrected chi connectivity index (χ1v) is 7.92. The van der Waals surface area contributed by atoms with Crippen LogP contribution in [-0.4, -0.2) is 47.1 Å². The van der Waals surface area contributed by atoms with Crippen molar-refractivity contribution in [3.8, 4) is 0 Å². The summed E-state index contributed by atoms with van der Waals surface area (Å²) in [6, 6.07) is 5.16. The van der Waals surface area contributed by atoms with Gasteiger partial charge in [0.2, 0.25) is 5.91 Å². The van der Waals surface area contributed by atoms with E-state index in [-0.39, 0.29) is 18.4 Å². The number of benzene rings is 1. The molecular formula is C15H18N2O4S. The number of carboxylic acids is 1. The van der Waals surface area contributed by atoms with Gasteiger partial charge in [0.1, 0.15) is 0 Å². The summed E-state index contributed by atoms with van der Waals surface area (Å²) in [5, 5.41) is 11.7. The number of thioether (sulfide) groups is 1. The number of carbonyl (C=O) groups is 3. The molecule has 0 fully saturated rings. The molecule has 1 heterocycles. The molecule has 1 aromatic carbocycles. The fourth-order valence-corrected chi connectivity index (χ4v) is 3.08. The molecule has 0 aliphatic carbocycles. The highest BCUT2D eigenvalue weighted by Crippen LogP contribution is 2.31. The Morgan fingerprint density at radius 3 is 2.86 bits per heavy atom. The Bertz CT molecular complexity index is 618. The lowest BCUT2D eigenvalue weighted by Gasteiger charge is -2.20. The minimum Gasteiger partial charge on any atom is -0.481 e. The van der Waals surface area contributed by atoms with Crippen LogP contribution in [0.2, 0.25) is 0 Å². The Kier molecular flexibility index (Phi) is 5.07. The molecule has 1 atom stereocenters. The monoisotopic (exact) mass is 322 g/mol. The van der Waals surface area contributed by atoms with Crippen molar-refractivity contribution in [1.29, 1.82) is 0 Å². The Morgan fingerprint density at radius 2 is 2.18 bits per heavy atom. The quantitative estimate of drug-likeness (QED) is 0.884. The number of aliphatic carboxylic acids is 1. The second-order valence-electron chi connectivity index (χ2n) is 5.28. The van der Waals surface area contributed by atoms with Crippen molar-refractivity contribution < 1.29 is 19.5 Å². The van der Waals surface area contributed by atoms with E-state index in [1.165, 1.54) is 4.90 Å². The first-order chi connectivity index (χ1) is 10.4. The van der Waals surface area contributed by atoms with Gasteiger partial charge in [0.05, 0.1) is 11.6 Å². The lowest BCUT2D eigenvalue weighted by molar-refractivity contribution is -0.141. The maximum atomic E-state index is 12.4. The van der Waals surface area contributed by atoms with Gasteiger partial charge in [0, 0.05) is 36.2 Å². The number of rotatable bonds is 4. The number of nitrogens with zero attached hydrogens (tertiary/aromatic N) is 1. The van der Waals surface area contributed by atoms with Crippen molar-refractivity contribution in [1.82, 2.24) is 4.90 Å². The zero-order valence-corrected chi connectivity index (χ0v) is 13.3. The van der Waals surface area contributed by atoms with Gasteiger partial charge in [-0.1, -0.05) is 6.92 Å². The van der Waals surface area contributed by atoms with Gasteiger partial charge in [-0.2, -0.15) is 0 Å². The summed E-state index contributed by atoms with van der Waals surface area (Å²) in [6.45, 7) is 1.69. The molecule has 2 N–H and O–H groups in total. The van der Waals surface area contributed by atoms with E-state index >= 15 is 0 Å². The van der Waals surface area contributed by atoms with Crippen LogP contribution in [0.1, 0.15) is 23.7 Å². The second-order valence-corrected chi connectivity index (χ2v) is 6.42. The topological polar surface area (TPSA) is 86.7 Å². The van der Waals surface area contributed by atoms with E-state index in [1.54, 1.807) is 37.9 Å². The number of hydrogen-bond donors (Lipinski definition) is 2. The molecule has 0 aromatic heterocycles. The average molecular weight is 322 g/mol. The lowest BCUT2D eigenvalue weighted by Crippen LogP contribution is -2.33. The van der Waals surface area contributed by atoms with Crippen LogP contribution in [-0.2, 0) is 9.59 Å². The van der Waals surface area contributed by atoms with E-state index in [1.807, 2.05) is 6.07 Å². The molecule has 6 nitrogen and oxygen atoms in total. The van der Waals surface area contributed by atoms with Crippen molar-refractivity contribution in [3.63, 3.8) is 0 Å². The Balaban J connectivity index is 2.17. The number of anilines is 1. The third kappa shape index (κ3) is 3.79. The molecule has 0 bridgehead atoms. The van der Waals surface area contributed by atoms with Crippen LogP contribution >= 0.6 is 11.8 Å². The summed E-state index contributed by atoms with van der Waals surface area (Å²) in [6.07, 6.45) is 0.443. The highest BCUT2D eigenvalue weighted by atomic mass is 32.2. The maximum absolute atomic E-state index is 12.4. The maximum Gasteiger partial charge on any atom is 0.308 e. The Hall–Kier alpha value is -2.02. The van der Waals surface area contributed by atoms with Crippen LogP contribution in [0, 0.1) is 5.92 Å². The van der Waals surface area contributed by atoms with E-state index in [9.17, 15) is 14.4 Å². The Labute approximate surface area is 132 Å². The summed E-state index contributed by atoms with van der Waals surface area (Å²) in [7, 11) is 1.57. The van der Waals surface area contributed by atoms with E-state index in [0.717, 1.165) is 4.90 Å². The van der Waals surface area contributed by atoms with Gasteiger partial charge in [-0.3, -0.25) is 14.4 Å². The number of hydrogen-bond acceptors (Lipinski definition) is 4. The van der Waals surface area contributed by atoms with Crippen LogP contribution in [0.15, 0.2) is 23.1 Å². The van der Waals surface area contributed by atoms with Gasteiger partial charge in [0.15, 0.2) is 0 Å². The number of fused-ring (bicyclic) bond motifs is 1. The van der Waals surface area contributed by atoms with Crippen LogP contribution in [0.5, 0.6) is 0 Å². The van der Waals surface area contributed by atoms with E-state index in [0.29, 0.717) is 23.4 Å². The molecule has 1 aliphatic rings. The molecule has 0 saturated carbocycles. The molecule has 7 heteroatoms. The van der Waals surface area contributed by atoms with E-state index < -0.39 is 11.9 Å². The molecule has 1 aliphatic heterocycles. The smallest absolute Gasteiger partial charge is 0.308 e. The van der Waals surface area contributed by atoms with E-state index in [2.05, 4.69) is 5.32 Å². The Morgan fingerprint density at radius 1 is 1.45 bits per heavy atom. The molecule has 0 saturated heterocycles. The highest BCUT2D eigenvalue weighted by Gasteiger charge is 2.20. The van der Waals surface area contributed by atoms with Gasteiger partial charge >= 0.3 is 5.97 Å². The fourth-order valence-electron chi connectivity index (χ4n) is 2.15. The molecule has 2 rings (SSSR count). The number of nitrogens with one attached hydrogen (secondary N) is 1. The lowest BCUT2D eigenvalue weighted by atomic mass is 10.1. The van der Waals surface area contributed by atoms with Gasteiger partial charge in [0.25, 0.3) is 5.91 Å². The molecule has 118 valence electrons. The summed E-state index contributed by atoms with van der Waals surface area (Å²) in [5.41, 5.74) is 1.07. The molecule has 0 spiro atoms. The largest absolute Gasteiger partial charge is 0.481 e. The first-order valence-electron chi connectivity index (χ1n) is 6.93. The van der Waals surface area contributed by atoms with Gasteiger partial charge in [-0.25, -0.2) is 0 Å². The summed E-state index contributed by atoms with van der Waals surface area (Å²) < 4.78 is 0. The number of carboxylic acid groups (broad SMARTS) is 1. The normalized spacial score (nSPS) is 15.3. The predicted molar refractivity (Wildman–Crippen MR) is 84.2 cm³/mol. The minimum atomic E-state index is -0.940. The molecule has 0 radical (unpaired) electrons. The van der Waals surface area contributed by atoms with Crippen LogP contribution in [0.4, 0.5) is 5.69 Å². The third-order valence-corrected chi connectivity index (χ3v) is 4.48. The third-order valence-electron chi connectivity index (χ3n) is 3.40. The zero-order valence-electron chi connectivity index (χ0n) is 12.5. The molecule has 1 unspecified atom stereocenters. The molecule has 22 heavy (non-hydrogen) atoms. The van der Waals surface area contributed by atoms with Crippen molar-refractivity contribution in [2.24, 2.45) is 5.92 Å². The predicted octanol–water partition coefficient (Wildman–Crippen LogP) is 1.91. The van der Waals surface area contributed by atoms with Crippen LogP contribution in [0.3, 0.4) is 0 Å². The van der Waals surface area contributed by atoms with Crippen LogP contribution in [0.25, 0.3) is 0 Å². The fraction of sp³-hybridized carbons (Fsp3) is 0.400. The molecular weight excluding hydrogens is 304 g/mol. The first kappa shape index (κ1) is 16.4. The van der Waals surface area contributed by atoms with Gasteiger partial charge in [-0.15, -0.1) is 11.8 Å². The van der Waals surface area contributed by atoms with Crippen LogP contribution < -0.4 is 5.32 Å². The van der Waals surface area contributed by atoms with E-state index in [4.69, 9.17) is 5.11 Å². The van der Waals surface area contributed by atoms with Crippen molar-refractivity contribution in [2.45, 2.75) is 18.2 Å². The highest BCUT2D eigenvalue weighted by molar-refractivity contribution is 7.99. The minimum absolute atomic E-state index is 0.0660. The number of carbonyl (C=O) groups excluding carboxylic acids is 2. The van der Waals surface area contributed by atoms with Crippen molar-refractivity contribution in [3.05, 3.63) is 23.8 Å². The second kappa shape index (κ2) is 6.83. The number of amides is 2. The standard InChI is InChI=1S/C15H18N2O4S/c1-9(15(20)21)8-17(2)14(19)10-3-4-12-11(7-10)16-13(18)5-6-22-12/h3-4,7,9H,5-6,8H2,1-2H3,(H,16,18)(H,20,21).